The molecule has 2 aliphatic rings. The summed E-state index contributed by atoms with van der Waals surface area (Å²) in [7, 11) is 0. The summed E-state index contributed by atoms with van der Waals surface area (Å²) in [5.41, 5.74) is 2.81. The van der Waals surface area contributed by atoms with Crippen molar-refractivity contribution in [2.24, 2.45) is 0 Å². The van der Waals surface area contributed by atoms with Crippen LogP contribution < -0.4 is 4.74 Å². The van der Waals surface area contributed by atoms with Crippen molar-refractivity contribution >= 4 is 11.9 Å². The molecule has 4 rings (SSSR count). The molecule has 2 aromatic carbocycles. The monoisotopic (exact) mass is 409 g/mol. The molecule has 2 aliphatic heterocycles. The molecule has 158 valence electrons. The SMILES string of the molecule is C[C@@H](OC(=O)c1ccc(OC[C@@H]2CCCO2)cc1)C(=O)N1CCc2ccccc2C1. The van der Waals surface area contributed by atoms with Crippen molar-refractivity contribution < 1.29 is 23.8 Å². The van der Waals surface area contributed by atoms with Gasteiger partial charge in [-0.15, -0.1) is 0 Å². The maximum absolute atomic E-state index is 12.8. The van der Waals surface area contributed by atoms with Crippen molar-refractivity contribution in [3.8, 4) is 5.75 Å². The van der Waals surface area contributed by atoms with Crippen LogP contribution in [-0.2, 0) is 27.2 Å². The second-order valence-electron chi connectivity index (χ2n) is 7.80. The number of fused-ring (bicyclic) bond motifs is 1. The third-order valence-corrected chi connectivity index (χ3v) is 5.62. The van der Waals surface area contributed by atoms with E-state index in [-0.39, 0.29) is 12.0 Å². The summed E-state index contributed by atoms with van der Waals surface area (Å²) >= 11 is 0. The number of ether oxygens (including phenoxy) is 3. The second kappa shape index (κ2) is 9.30. The van der Waals surface area contributed by atoms with E-state index in [4.69, 9.17) is 14.2 Å². The van der Waals surface area contributed by atoms with Crippen LogP contribution in [0, 0.1) is 0 Å². The molecule has 2 aromatic rings. The van der Waals surface area contributed by atoms with Gasteiger partial charge in [0.15, 0.2) is 6.10 Å². The minimum Gasteiger partial charge on any atom is -0.491 e. The summed E-state index contributed by atoms with van der Waals surface area (Å²) < 4.78 is 16.7. The molecule has 0 aromatic heterocycles. The Labute approximate surface area is 176 Å². The van der Waals surface area contributed by atoms with Crippen LogP contribution in [0.2, 0.25) is 0 Å². The van der Waals surface area contributed by atoms with Gasteiger partial charge >= 0.3 is 5.97 Å². The van der Waals surface area contributed by atoms with Crippen molar-refractivity contribution in [1.29, 1.82) is 0 Å². The highest BCUT2D eigenvalue weighted by atomic mass is 16.5. The minimum atomic E-state index is -0.835. The van der Waals surface area contributed by atoms with Gasteiger partial charge in [0.25, 0.3) is 5.91 Å². The lowest BCUT2D eigenvalue weighted by molar-refractivity contribution is -0.140. The van der Waals surface area contributed by atoms with Crippen molar-refractivity contribution in [1.82, 2.24) is 4.90 Å². The molecule has 0 N–H and O–H groups in total. The highest BCUT2D eigenvalue weighted by Gasteiger charge is 2.27. The topological polar surface area (TPSA) is 65.1 Å². The molecule has 0 spiro atoms. The summed E-state index contributed by atoms with van der Waals surface area (Å²) in [4.78, 5) is 27.0. The van der Waals surface area contributed by atoms with E-state index < -0.39 is 12.1 Å². The molecule has 1 amide bonds. The average Bonchev–Trinajstić information content (AvgIpc) is 3.31. The Morgan fingerprint density at radius 1 is 1.13 bits per heavy atom. The number of rotatable bonds is 6. The number of carbonyl (C=O) groups excluding carboxylic acids is 2. The molecule has 30 heavy (non-hydrogen) atoms. The number of hydrogen-bond acceptors (Lipinski definition) is 5. The van der Waals surface area contributed by atoms with Crippen molar-refractivity contribution in [2.75, 3.05) is 19.8 Å². The zero-order chi connectivity index (χ0) is 20.9. The van der Waals surface area contributed by atoms with Crippen molar-refractivity contribution in [3.63, 3.8) is 0 Å². The highest BCUT2D eigenvalue weighted by Crippen LogP contribution is 2.20. The zero-order valence-electron chi connectivity index (χ0n) is 17.2. The Bertz CT molecular complexity index is 889. The van der Waals surface area contributed by atoms with E-state index in [0.29, 0.717) is 31.0 Å². The van der Waals surface area contributed by atoms with Gasteiger partial charge in [-0.25, -0.2) is 4.79 Å². The number of carbonyl (C=O) groups is 2. The first-order valence-electron chi connectivity index (χ1n) is 10.5. The Morgan fingerprint density at radius 3 is 2.63 bits per heavy atom. The van der Waals surface area contributed by atoms with Crippen LogP contribution in [-0.4, -0.2) is 48.7 Å². The lowest BCUT2D eigenvalue weighted by Crippen LogP contribution is -2.42. The standard InChI is InChI=1S/C24H27NO5/c1-17(23(26)25-13-12-18-5-2-3-6-20(18)15-25)30-24(27)19-8-10-21(11-9-19)29-16-22-7-4-14-28-22/h2-3,5-6,8-11,17,22H,4,7,12-16H2,1H3/t17-,22+/m1/s1. The Morgan fingerprint density at radius 2 is 1.90 bits per heavy atom. The van der Waals surface area contributed by atoms with Gasteiger partial charge in [-0.3, -0.25) is 4.79 Å². The first kappa shape index (κ1) is 20.4. The molecule has 0 bridgehead atoms. The summed E-state index contributed by atoms with van der Waals surface area (Å²) in [6.45, 7) is 4.11. The largest absolute Gasteiger partial charge is 0.491 e. The van der Waals surface area contributed by atoms with Crippen LogP contribution in [0.15, 0.2) is 48.5 Å². The van der Waals surface area contributed by atoms with Gasteiger partial charge < -0.3 is 19.1 Å². The van der Waals surface area contributed by atoms with Crippen molar-refractivity contribution in [3.05, 3.63) is 65.2 Å². The number of benzene rings is 2. The third-order valence-electron chi connectivity index (χ3n) is 5.62. The van der Waals surface area contributed by atoms with Gasteiger partial charge in [0, 0.05) is 19.7 Å². The number of nitrogens with zero attached hydrogens (tertiary/aromatic N) is 1. The molecule has 6 nitrogen and oxygen atoms in total. The Kier molecular flexibility index (Phi) is 6.33. The van der Waals surface area contributed by atoms with E-state index in [1.165, 1.54) is 5.56 Å². The van der Waals surface area contributed by atoms with Crippen LogP contribution in [0.25, 0.3) is 0 Å². The molecule has 0 radical (unpaired) electrons. The number of esters is 1. The summed E-state index contributed by atoms with van der Waals surface area (Å²) in [6.07, 6.45) is 2.20. The lowest BCUT2D eigenvalue weighted by Gasteiger charge is -2.30. The van der Waals surface area contributed by atoms with Crippen LogP contribution in [0.4, 0.5) is 0 Å². The predicted octanol–water partition coefficient (Wildman–Crippen LogP) is 3.37. The van der Waals surface area contributed by atoms with E-state index in [1.807, 2.05) is 18.2 Å². The fourth-order valence-corrected chi connectivity index (χ4v) is 3.87. The summed E-state index contributed by atoms with van der Waals surface area (Å²) in [5, 5.41) is 0. The van der Waals surface area contributed by atoms with E-state index >= 15 is 0 Å². The molecule has 1 saturated heterocycles. The molecule has 1 fully saturated rings. The van der Waals surface area contributed by atoms with Gasteiger partial charge in [-0.1, -0.05) is 24.3 Å². The van der Waals surface area contributed by atoms with E-state index in [9.17, 15) is 9.59 Å². The van der Waals surface area contributed by atoms with Crippen LogP contribution in [0.5, 0.6) is 5.75 Å². The molecule has 6 heteroatoms. The number of hydrogen-bond donors (Lipinski definition) is 0. The molecule has 0 saturated carbocycles. The smallest absolute Gasteiger partial charge is 0.338 e. The van der Waals surface area contributed by atoms with Crippen LogP contribution in [0.3, 0.4) is 0 Å². The summed E-state index contributed by atoms with van der Waals surface area (Å²) in [5.74, 6) is -0.00790. The Hall–Kier alpha value is -2.86. The second-order valence-corrected chi connectivity index (χ2v) is 7.80. The Balaban J connectivity index is 1.29. The molecule has 0 aliphatic carbocycles. The maximum Gasteiger partial charge on any atom is 0.338 e. The first-order chi connectivity index (χ1) is 14.6. The minimum absolute atomic E-state index is 0.142. The van der Waals surface area contributed by atoms with Gasteiger partial charge in [0.1, 0.15) is 12.4 Å². The normalized spacial score (nSPS) is 19.1. The molecular weight excluding hydrogens is 382 g/mol. The van der Waals surface area contributed by atoms with E-state index in [2.05, 4.69) is 6.07 Å². The van der Waals surface area contributed by atoms with Crippen LogP contribution in [0.1, 0.15) is 41.3 Å². The van der Waals surface area contributed by atoms with Gasteiger partial charge in [-0.2, -0.15) is 0 Å². The molecular formula is C24H27NO5. The molecule has 0 unspecified atom stereocenters. The number of amides is 1. The highest BCUT2D eigenvalue weighted by molar-refractivity contribution is 5.92. The molecule has 2 atom stereocenters. The quantitative estimate of drug-likeness (QED) is 0.685. The van der Waals surface area contributed by atoms with Crippen LogP contribution >= 0.6 is 0 Å². The van der Waals surface area contributed by atoms with E-state index in [0.717, 1.165) is 31.4 Å². The third kappa shape index (κ3) is 4.82. The fraction of sp³-hybridized carbons (Fsp3) is 0.417. The maximum atomic E-state index is 12.8. The first-order valence-corrected chi connectivity index (χ1v) is 10.5. The van der Waals surface area contributed by atoms with Gasteiger partial charge in [0.2, 0.25) is 0 Å². The average molecular weight is 409 g/mol. The van der Waals surface area contributed by atoms with Gasteiger partial charge in [-0.05, 0) is 61.6 Å². The fourth-order valence-electron chi connectivity index (χ4n) is 3.87. The van der Waals surface area contributed by atoms with E-state index in [1.54, 1.807) is 36.1 Å². The van der Waals surface area contributed by atoms with Gasteiger partial charge in [0.05, 0.1) is 11.7 Å². The predicted molar refractivity (Wildman–Crippen MR) is 111 cm³/mol. The molecule has 2 heterocycles. The zero-order valence-corrected chi connectivity index (χ0v) is 17.2. The van der Waals surface area contributed by atoms with Crippen molar-refractivity contribution in [2.45, 2.75) is 44.9 Å². The summed E-state index contributed by atoms with van der Waals surface area (Å²) in [6, 6.07) is 14.9. The lowest BCUT2D eigenvalue weighted by atomic mass is 9.99.